The number of hydrogen-bond donors (Lipinski definition) is 3. The molecule has 1 aliphatic rings. The number of imidazole rings is 1. The fourth-order valence-electron chi connectivity index (χ4n) is 2.55. The molecule has 0 bridgehead atoms. The Morgan fingerprint density at radius 3 is 3.00 bits per heavy atom. The summed E-state index contributed by atoms with van der Waals surface area (Å²) >= 11 is 0. The van der Waals surface area contributed by atoms with Crippen molar-refractivity contribution in [2.24, 2.45) is 5.84 Å². The van der Waals surface area contributed by atoms with Crippen LogP contribution in [0.3, 0.4) is 0 Å². The van der Waals surface area contributed by atoms with Crippen molar-refractivity contribution in [3.63, 3.8) is 0 Å². The number of nitrogens with one attached hydrogen (secondary N) is 2. The number of ether oxygens (including phenoxy) is 1. The summed E-state index contributed by atoms with van der Waals surface area (Å²) in [7, 11) is 0. The van der Waals surface area contributed by atoms with Crippen molar-refractivity contribution in [3.05, 3.63) is 18.6 Å². The Hall–Kier alpha value is -1.90. The lowest BCUT2D eigenvalue weighted by Crippen LogP contribution is -2.42. The molecule has 1 fully saturated rings. The lowest BCUT2D eigenvalue weighted by Gasteiger charge is -2.29. The molecule has 21 heavy (non-hydrogen) atoms. The summed E-state index contributed by atoms with van der Waals surface area (Å²) in [6.45, 7) is 6.65. The van der Waals surface area contributed by atoms with E-state index < -0.39 is 0 Å². The Morgan fingerprint density at radius 1 is 1.43 bits per heavy atom. The second-order valence-corrected chi connectivity index (χ2v) is 5.24. The maximum absolute atomic E-state index is 5.46. The third-order valence-corrected chi connectivity index (χ3v) is 3.54. The second-order valence-electron chi connectivity index (χ2n) is 5.24. The number of anilines is 2. The molecule has 0 aromatic carbocycles. The van der Waals surface area contributed by atoms with Crippen molar-refractivity contribution in [1.82, 2.24) is 19.3 Å². The number of aromatic nitrogens is 3. The quantitative estimate of drug-likeness (QED) is 0.533. The van der Waals surface area contributed by atoms with Crippen LogP contribution in [0.2, 0.25) is 0 Å². The van der Waals surface area contributed by atoms with Crippen molar-refractivity contribution in [2.45, 2.75) is 13.0 Å². The Bertz CT molecular complexity index is 593. The van der Waals surface area contributed by atoms with Crippen LogP contribution in [0.15, 0.2) is 18.6 Å². The molecule has 3 heterocycles. The summed E-state index contributed by atoms with van der Waals surface area (Å²) in [6.07, 6.45) is 5.42. The number of morpholine rings is 1. The molecule has 0 saturated carbocycles. The number of hydrazine groups is 1. The van der Waals surface area contributed by atoms with Crippen LogP contribution in [0.25, 0.3) is 5.65 Å². The average molecular weight is 291 g/mol. The third kappa shape index (κ3) is 3.23. The molecule has 1 unspecified atom stereocenters. The number of nitrogen functional groups attached to an aromatic ring is 1. The summed E-state index contributed by atoms with van der Waals surface area (Å²) in [6, 6.07) is 0.254. The Kier molecular flexibility index (Phi) is 4.18. The van der Waals surface area contributed by atoms with Gasteiger partial charge in [0.2, 0.25) is 0 Å². The minimum Gasteiger partial charge on any atom is -0.379 e. The number of hydrogen-bond acceptors (Lipinski definition) is 7. The van der Waals surface area contributed by atoms with Crippen LogP contribution in [-0.2, 0) is 4.74 Å². The van der Waals surface area contributed by atoms with Gasteiger partial charge in [-0.1, -0.05) is 0 Å². The first-order valence-corrected chi connectivity index (χ1v) is 7.13. The lowest BCUT2D eigenvalue weighted by molar-refractivity contribution is 0.0368. The fraction of sp³-hybridized carbons (Fsp3) is 0.538. The van der Waals surface area contributed by atoms with Gasteiger partial charge in [0.25, 0.3) is 0 Å². The molecular formula is C13H21N7O. The largest absolute Gasteiger partial charge is 0.379 e. The van der Waals surface area contributed by atoms with Crippen molar-refractivity contribution in [2.75, 3.05) is 43.6 Å². The van der Waals surface area contributed by atoms with Crippen molar-refractivity contribution in [1.29, 1.82) is 0 Å². The van der Waals surface area contributed by atoms with E-state index in [1.165, 1.54) is 0 Å². The zero-order chi connectivity index (χ0) is 14.7. The van der Waals surface area contributed by atoms with E-state index in [9.17, 15) is 0 Å². The number of nitrogens with zero attached hydrogens (tertiary/aromatic N) is 4. The highest BCUT2D eigenvalue weighted by Gasteiger charge is 2.15. The molecule has 8 nitrogen and oxygen atoms in total. The zero-order valence-electron chi connectivity index (χ0n) is 12.1. The number of rotatable bonds is 5. The third-order valence-electron chi connectivity index (χ3n) is 3.54. The molecule has 0 aliphatic carbocycles. The van der Waals surface area contributed by atoms with Gasteiger partial charge in [0, 0.05) is 38.1 Å². The summed E-state index contributed by atoms with van der Waals surface area (Å²) in [4.78, 5) is 11.2. The molecule has 1 atom stereocenters. The first-order chi connectivity index (χ1) is 10.3. The molecule has 2 aromatic rings. The topological polar surface area (TPSA) is 92.7 Å². The summed E-state index contributed by atoms with van der Waals surface area (Å²) in [5.41, 5.74) is 3.37. The van der Waals surface area contributed by atoms with Crippen molar-refractivity contribution in [3.8, 4) is 0 Å². The highest BCUT2D eigenvalue weighted by molar-refractivity contribution is 5.65. The highest BCUT2D eigenvalue weighted by Crippen LogP contribution is 2.17. The normalized spacial score (nSPS) is 17.8. The van der Waals surface area contributed by atoms with E-state index in [1.54, 1.807) is 12.4 Å². The second kappa shape index (κ2) is 6.25. The molecule has 8 heteroatoms. The highest BCUT2D eigenvalue weighted by atomic mass is 16.5. The number of fused-ring (bicyclic) bond motifs is 1. The maximum Gasteiger partial charge on any atom is 0.180 e. The van der Waals surface area contributed by atoms with E-state index >= 15 is 0 Å². The molecule has 1 aliphatic heterocycles. The fourth-order valence-corrected chi connectivity index (χ4v) is 2.55. The van der Waals surface area contributed by atoms with Crippen LogP contribution < -0.4 is 16.6 Å². The molecule has 0 radical (unpaired) electrons. The summed E-state index contributed by atoms with van der Waals surface area (Å²) in [5.74, 6) is 6.79. The molecule has 114 valence electrons. The van der Waals surface area contributed by atoms with Gasteiger partial charge in [-0.05, 0) is 6.92 Å². The minimum absolute atomic E-state index is 0.254. The molecule has 0 amide bonds. The van der Waals surface area contributed by atoms with E-state index in [4.69, 9.17) is 10.6 Å². The van der Waals surface area contributed by atoms with E-state index in [-0.39, 0.29) is 6.04 Å². The van der Waals surface area contributed by atoms with Gasteiger partial charge in [-0.3, -0.25) is 4.90 Å². The van der Waals surface area contributed by atoms with Crippen LogP contribution in [0, 0.1) is 0 Å². The van der Waals surface area contributed by atoms with Gasteiger partial charge in [-0.15, -0.1) is 0 Å². The van der Waals surface area contributed by atoms with Gasteiger partial charge >= 0.3 is 0 Å². The Balaban J connectivity index is 1.72. The van der Waals surface area contributed by atoms with Gasteiger partial charge in [0.1, 0.15) is 0 Å². The predicted molar refractivity (Wildman–Crippen MR) is 81.1 cm³/mol. The van der Waals surface area contributed by atoms with Crippen LogP contribution in [0.4, 0.5) is 11.6 Å². The van der Waals surface area contributed by atoms with E-state index in [1.807, 2.05) is 10.6 Å². The monoisotopic (exact) mass is 291 g/mol. The van der Waals surface area contributed by atoms with Crippen molar-refractivity contribution >= 4 is 17.3 Å². The van der Waals surface area contributed by atoms with E-state index in [2.05, 4.69) is 32.5 Å². The van der Waals surface area contributed by atoms with E-state index in [0.29, 0.717) is 5.82 Å². The molecule has 2 aromatic heterocycles. The Labute approximate surface area is 123 Å². The van der Waals surface area contributed by atoms with Crippen LogP contribution in [0.5, 0.6) is 0 Å². The molecular weight excluding hydrogens is 270 g/mol. The molecule has 1 saturated heterocycles. The SMILES string of the molecule is CC(CN1CCOCC1)Nc1nc(NN)cn2ccnc12. The molecule has 0 spiro atoms. The lowest BCUT2D eigenvalue weighted by atomic mass is 10.3. The van der Waals surface area contributed by atoms with Gasteiger partial charge in [-0.2, -0.15) is 0 Å². The standard InChI is InChI=1S/C13H21N7O/c1-10(8-19-4-6-21-7-5-19)16-12-13-15-2-3-20(13)9-11(17-12)18-14/h2-3,9-10,18H,4-8,14H2,1H3,(H,16,17). The van der Waals surface area contributed by atoms with Gasteiger partial charge in [0.05, 0.1) is 19.4 Å². The van der Waals surface area contributed by atoms with Gasteiger partial charge < -0.3 is 19.9 Å². The van der Waals surface area contributed by atoms with Crippen LogP contribution in [-0.4, -0.2) is 58.2 Å². The van der Waals surface area contributed by atoms with Gasteiger partial charge in [0.15, 0.2) is 17.3 Å². The molecule has 3 rings (SSSR count). The number of nitrogens with two attached hydrogens (primary N) is 1. The zero-order valence-corrected chi connectivity index (χ0v) is 12.1. The summed E-state index contributed by atoms with van der Waals surface area (Å²) in [5, 5.41) is 3.42. The van der Waals surface area contributed by atoms with Crippen molar-refractivity contribution < 1.29 is 4.74 Å². The van der Waals surface area contributed by atoms with Crippen LogP contribution >= 0.6 is 0 Å². The van der Waals surface area contributed by atoms with E-state index in [0.717, 1.165) is 44.3 Å². The van der Waals surface area contributed by atoms with Crippen LogP contribution in [0.1, 0.15) is 6.92 Å². The predicted octanol–water partition coefficient (Wildman–Crippen LogP) is 0.148. The minimum atomic E-state index is 0.254. The Morgan fingerprint density at radius 2 is 2.24 bits per heavy atom. The average Bonchev–Trinajstić information content (AvgIpc) is 2.96. The maximum atomic E-state index is 5.46. The first-order valence-electron chi connectivity index (χ1n) is 7.13. The summed E-state index contributed by atoms with van der Waals surface area (Å²) < 4.78 is 7.26. The molecule has 4 N–H and O–H groups in total. The van der Waals surface area contributed by atoms with Gasteiger partial charge in [-0.25, -0.2) is 15.8 Å². The first kappa shape index (κ1) is 14.1. The smallest absolute Gasteiger partial charge is 0.180 e.